The molecule has 0 bridgehead atoms. The Morgan fingerprint density at radius 2 is 1.64 bits per heavy atom. The Bertz CT molecular complexity index is 1070. The number of thioether (sulfide) groups is 1. The summed E-state index contributed by atoms with van der Waals surface area (Å²) >= 11 is 1.53. The van der Waals surface area contributed by atoms with Crippen molar-refractivity contribution in [1.82, 2.24) is 10.6 Å². The molecule has 0 aromatic heterocycles. The van der Waals surface area contributed by atoms with E-state index in [1.54, 1.807) is 25.1 Å². The van der Waals surface area contributed by atoms with Crippen LogP contribution >= 0.6 is 11.8 Å². The number of nitrogens with one attached hydrogen (secondary N) is 3. The third kappa shape index (κ3) is 7.61. The quantitative estimate of drug-likeness (QED) is 0.318. The number of methoxy groups -OCH3 is 2. The standard InChI is InChI=1S/C21H24N4O6S2/c1-5-18(26)22-16-10-9-15(33(29)14-8-6-7-13(11-14)32-4)12-17(16)23-19(24-20(27)30-2)25-21(28)31-3/h6-12H,5H2,1-4H3,(H,22,26)(H2,23,24,25,27,28). The van der Waals surface area contributed by atoms with Crippen molar-refractivity contribution in [3.63, 3.8) is 0 Å². The van der Waals surface area contributed by atoms with Crippen molar-refractivity contribution in [3.05, 3.63) is 42.5 Å². The molecular weight excluding hydrogens is 468 g/mol. The van der Waals surface area contributed by atoms with Gasteiger partial charge in [-0.3, -0.25) is 15.4 Å². The van der Waals surface area contributed by atoms with E-state index >= 15 is 0 Å². The molecule has 176 valence electrons. The SMILES string of the molecule is CCC(=O)Nc1ccc(S(=O)c2cccc(SC)c2)cc1N=C(NC(=O)OC)NC(=O)OC. The lowest BCUT2D eigenvalue weighted by Gasteiger charge is -2.13. The van der Waals surface area contributed by atoms with Crippen molar-refractivity contribution in [3.8, 4) is 0 Å². The number of ether oxygens (including phenoxy) is 2. The molecule has 3 N–H and O–H groups in total. The molecule has 0 aliphatic carbocycles. The van der Waals surface area contributed by atoms with Crippen LogP contribution in [0.15, 0.2) is 62.1 Å². The highest BCUT2D eigenvalue weighted by molar-refractivity contribution is 7.98. The Morgan fingerprint density at radius 1 is 1.00 bits per heavy atom. The summed E-state index contributed by atoms with van der Waals surface area (Å²) in [7, 11) is 0.736. The maximum Gasteiger partial charge on any atom is 0.413 e. The molecular formula is C21H24N4O6S2. The van der Waals surface area contributed by atoms with Crippen molar-refractivity contribution < 1.29 is 28.1 Å². The number of alkyl carbamates (subject to hydrolysis) is 2. The van der Waals surface area contributed by atoms with Gasteiger partial charge in [-0.15, -0.1) is 11.8 Å². The Balaban J connectivity index is 2.55. The highest BCUT2D eigenvalue weighted by Crippen LogP contribution is 2.30. The zero-order chi connectivity index (χ0) is 24.4. The smallest absolute Gasteiger partial charge is 0.413 e. The van der Waals surface area contributed by atoms with E-state index in [0.29, 0.717) is 9.79 Å². The highest BCUT2D eigenvalue weighted by Gasteiger charge is 2.16. The van der Waals surface area contributed by atoms with Crippen LogP contribution in [0.2, 0.25) is 0 Å². The number of guanidine groups is 1. The lowest BCUT2D eigenvalue weighted by Crippen LogP contribution is -2.43. The maximum absolute atomic E-state index is 13.2. The second-order valence-electron chi connectivity index (χ2n) is 6.22. The number of amides is 3. The van der Waals surface area contributed by atoms with E-state index in [1.807, 2.05) is 24.5 Å². The predicted molar refractivity (Wildman–Crippen MR) is 126 cm³/mol. The number of aliphatic imine (C=N–C) groups is 1. The van der Waals surface area contributed by atoms with E-state index in [2.05, 4.69) is 30.4 Å². The first-order valence-electron chi connectivity index (χ1n) is 9.59. The molecule has 33 heavy (non-hydrogen) atoms. The molecule has 12 heteroatoms. The summed E-state index contributed by atoms with van der Waals surface area (Å²) in [5, 5.41) is 7.20. The zero-order valence-corrected chi connectivity index (χ0v) is 20.1. The first kappa shape index (κ1) is 25.9. The number of hydrogen-bond acceptors (Lipinski definition) is 8. The Labute approximate surface area is 198 Å². The van der Waals surface area contributed by atoms with Gasteiger partial charge in [-0.2, -0.15) is 0 Å². The largest absolute Gasteiger partial charge is 0.453 e. The van der Waals surface area contributed by atoms with Crippen LogP contribution in [0.5, 0.6) is 0 Å². The van der Waals surface area contributed by atoms with Crippen molar-refractivity contribution in [2.24, 2.45) is 4.99 Å². The lowest BCUT2D eigenvalue weighted by atomic mass is 10.2. The van der Waals surface area contributed by atoms with Gasteiger partial charge in [0.2, 0.25) is 11.9 Å². The number of hydrogen-bond donors (Lipinski definition) is 3. The van der Waals surface area contributed by atoms with Crippen LogP contribution in [0.3, 0.4) is 0 Å². The summed E-state index contributed by atoms with van der Waals surface area (Å²) in [6, 6.07) is 11.9. The van der Waals surface area contributed by atoms with Gasteiger partial charge in [0, 0.05) is 21.1 Å². The summed E-state index contributed by atoms with van der Waals surface area (Å²) in [4.78, 5) is 41.5. The van der Waals surface area contributed by atoms with E-state index in [-0.39, 0.29) is 29.7 Å². The molecule has 3 amide bonds. The van der Waals surface area contributed by atoms with Gasteiger partial charge < -0.3 is 14.8 Å². The third-order valence-electron chi connectivity index (χ3n) is 4.08. The molecule has 2 aromatic rings. The average molecular weight is 493 g/mol. The summed E-state index contributed by atoms with van der Waals surface area (Å²) in [5.41, 5.74) is 0.433. The highest BCUT2D eigenvalue weighted by atomic mass is 32.2. The van der Waals surface area contributed by atoms with Crippen LogP contribution < -0.4 is 16.0 Å². The molecule has 1 unspecified atom stereocenters. The first-order valence-corrected chi connectivity index (χ1v) is 12.0. The molecule has 0 radical (unpaired) electrons. The van der Waals surface area contributed by atoms with Crippen LogP contribution in [-0.2, 0) is 25.1 Å². The average Bonchev–Trinajstić information content (AvgIpc) is 2.84. The molecule has 1 atom stereocenters. The molecule has 0 aliphatic rings. The van der Waals surface area contributed by atoms with Crippen LogP contribution in [0, 0.1) is 0 Å². The van der Waals surface area contributed by atoms with Crippen LogP contribution in [-0.4, -0.2) is 48.7 Å². The normalized spacial score (nSPS) is 11.0. The van der Waals surface area contributed by atoms with Gasteiger partial charge in [-0.1, -0.05) is 13.0 Å². The summed E-state index contributed by atoms with van der Waals surface area (Å²) < 4.78 is 22.3. The predicted octanol–water partition coefficient (Wildman–Crippen LogP) is 3.62. The van der Waals surface area contributed by atoms with Gasteiger partial charge in [0.1, 0.15) is 0 Å². The molecule has 0 spiro atoms. The van der Waals surface area contributed by atoms with Crippen molar-refractivity contribution in [2.45, 2.75) is 28.0 Å². The van der Waals surface area contributed by atoms with Crippen LogP contribution in [0.1, 0.15) is 13.3 Å². The number of anilines is 1. The van der Waals surface area contributed by atoms with E-state index in [1.165, 1.54) is 17.8 Å². The van der Waals surface area contributed by atoms with E-state index in [9.17, 15) is 18.6 Å². The fourth-order valence-corrected chi connectivity index (χ4v) is 4.07. The Kier molecular flexibility index (Phi) is 9.88. The first-order chi connectivity index (χ1) is 15.8. The summed E-state index contributed by atoms with van der Waals surface area (Å²) in [6.45, 7) is 1.68. The Morgan fingerprint density at radius 3 is 2.21 bits per heavy atom. The molecule has 2 aromatic carbocycles. The number of carbonyl (C=O) groups excluding carboxylic acids is 3. The summed E-state index contributed by atoms with van der Waals surface area (Å²) in [5.74, 6) is -0.593. The zero-order valence-electron chi connectivity index (χ0n) is 18.5. The van der Waals surface area contributed by atoms with Crippen molar-refractivity contribution in [2.75, 3.05) is 25.8 Å². The molecule has 0 fully saturated rings. The van der Waals surface area contributed by atoms with E-state index in [0.717, 1.165) is 19.1 Å². The minimum atomic E-state index is -1.55. The topological polar surface area (TPSA) is 135 Å². The molecule has 0 saturated carbocycles. The van der Waals surface area contributed by atoms with Crippen molar-refractivity contribution in [1.29, 1.82) is 0 Å². The molecule has 0 heterocycles. The van der Waals surface area contributed by atoms with Gasteiger partial charge in [0.05, 0.1) is 36.4 Å². The third-order valence-corrected chi connectivity index (χ3v) is 6.17. The van der Waals surface area contributed by atoms with E-state index in [4.69, 9.17) is 0 Å². The number of rotatable bonds is 6. The fourth-order valence-electron chi connectivity index (χ4n) is 2.42. The Hall–Kier alpha value is -3.38. The molecule has 0 saturated heterocycles. The maximum atomic E-state index is 13.2. The van der Waals surface area contributed by atoms with Gasteiger partial charge in [0.15, 0.2) is 0 Å². The number of carbonyl (C=O) groups is 3. The second kappa shape index (κ2) is 12.6. The molecule has 2 rings (SSSR count). The van der Waals surface area contributed by atoms with Gasteiger partial charge >= 0.3 is 12.2 Å². The molecule has 0 aliphatic heterocycles. The van der Waals surface area contributed by atoms with Crippen molar-refractivity contribution >= 4 is 58.0 Å². The summed E-state index contributed by atoms with van der Waals surface area (Å²) in [6.07, 6.45) is 0.353. The monoisotopic (exact) mass is 492 g/mol. The number of nitrogens with zero attached hydrogens (tertiary/aromatic N) is 1. The van der Waals surface area contributed by atoms with Gasteiger partial charge in [0.25, 0.3) is 0 Å². The molecule has 10 nitrogen and oxygen atoms in total. The minimum absolute atomic E-state index is 0.145. The minimum Gasteiger partial charge on any atom is -0.453 e. The fraction of sp³-hybridized carbons (Fsp3) is 0.238. The lowest BCUT2D eigenvalue weighted by molar-refractivity contribution is -0.115. The van der Waals surface area contributed by atoms with E-state index < -0.39 is 23.0 Å². The van der Waals surface area contributed by atoms with Crippen LogP contribution in [0.25, 0.3) is 0 Å². The number of benzene rings is 2. The van der Waals surface area contributed by atoms with Gasteiger partial charge in [-0.05, 0) is 42.7 Å². The second-order valence-corrected chi connectivity index (χ2v) is 8.58. The van der Waals surface area contributed by atoms with Gasteiger partial charge in [-0.25, -0.2) is 18.8 Å². The van der Waals surface area contributed by atoms with Crippen LogP contribution in [0.4, 0.5) is 21.0 Å².